The summed E-state index contributed by atoms with van der Waals surface area (Å²) in [6.07, 6.45) is -0.0539. The van der Waals surface area contributed by atoms with Gasteiger partial charge in [0.05, 0.1) is 44.0 Å². The number of imide groups is 1. The number of rotatable bonds is 10. The lowest BCUT2D eigenvalue weighted by molar-refractivity contribution is -0.384. The van der Waals surface area contributed by atoms with Crippen molar-refractivity contribution in [2.45, 2.75) is 20.0 Å². The lowest BCUT2D eigenvalue weighted by Crippen LogP contribution is -2.35. The number of nitrogens with one attached hydrogen (secondary N) is 1. The number of amides is 2. The predicted octanol–water partition coefficient (Wildman–Crippen LogP) is 3.23. The SMILES string of the molecule is COc1cc(NC2=C(c3ccc([N+](=O)[O-])cc3)C(=O)N(CCOC(C)C)C2=O)cc(OC)c1. The quantitative estimate of drug-likeness (QED) is 0.329. The van der Waals surface area contributed by atoms with Crippen LogP contribution < -0.4 is 14.8 Å². The van der Waals surface area contributed by atoms with Crippen LogP contribution in [-0.2, 0) is 14.3 Å². The molecule has 0 saturated heterocycles. The number of carbonyl (C=O) groups is 2. The van der Waals surface area contributed by atoms with Crippen molar-refractivity contribution >= 4 is 28.8 Å². The fraction of sp³-hybridized carbons (Fsp3) is 0.304. The molecule has 33 heavy (non-hydrogen) atoms. The number of methoxy groups -OCH3 is 2. The molecule has 2 amide bonds. The summed E-state index contributed by atoms with van der Waals surface area (Å²) in [5, 5.41) is 14.0. The summed E-state index contributed by atoms with van der Waals surface area (Å²) >= 11 is 0. The van der Waals surface area contributed by atoms with Crippen LogP contribution in [0, 0.1) is 10.1 Å². The summed E-state index contributed by atoms with van der Waals surface area (Å²) in [4.78, 5) is 38.0. The van der Waals surface area contributed by atoms with Gasteiger partial charge >= 0.3 is 0 Å². The number of nitro groups is 1. The second-order valence-corrected chi connectivity index (χ2v) is 7.46. The molecule has 0 atom stereocenters. The van der Waals surface area contributed by atoms with Gasteiger partial charge in [0.15, 0.2) is 0 Å². The van der Waals surface area contributed by atoms with Crippen molar-refractivity contribution in [1.82, 2.24) is 4.90 Å². The van der Waals surface area contributed by atoms with E-state index < -0.39 is 16.7 Å². The summed E-state index contributed by atoms with van der Waals surface area (Å²) in [7, 11) is 3.00. The van der Waals surface area contributed by atoms with E-state index in [1.54, 1.807) is 18.2 Å². The van der Waals surface area contributed by atoms with Crippen molar-refractivity contribution < 1.29 is 28.7 Å². The van der Waals surface area contributed by atoms with Crippen LogP contribution in [0.25, 0.3) is 5.57 Å². The van der Waals surface area contributed by atoms with E-state index in [4.69, 9.17) is 14.2 Å². The minimum absolute atomic E-state index is 0.0497. The van der Waals surface area contributed by atoms with Gasteiger partial charge in [0.25, 0.3) is 17.5 Å². The zero-order valence-corrected chi connectivity index (χ0v) is 18.8. The van der Waals surface area contributed by atoms with Gasteiger partial charge in [0.2, 0.25) is 0 Å². The Kier molecular flexibility index (Phi) is 7.29. The number of non-ortho nitro benzene ring substituents is 1. The number of hydrogen-bond donors (Lipinski definition) is 1. The van der Waals surface area contributed by atoms with Crippen molar-refractivity contribution in [3.63, 3.8) is 0 Å². The standard InChI is InChI=1S/C23H25N3O7/c1-14(2)33-10-9-25-22(27)20(15-5-7-17(8-6-15)26(29)30)21(23(25)28)24-16-11-18(31-3)13-19(12-16)32-4/h5-8,11-14,24H,9-10H2,1-4H3. The number of ether oxygens (including phenoxy) is 3. The predicted molar refractivity (Wildman–Crippen MR) is 121 cm³/mol. The van der Waals surface area contributed by atoms with Crippen molar-refractivity contribution in [2.75, 3.05) is 32.7 Å². The molecule has 1 aliphatic rings. The highest BCUT2D eigenvalue weighted by Gasteiger charge is 2.39. The van der Waals surface area contributed by atoms with E-state index in [9.17, 15) is 19.7 Å². The van der Waals surface area contributed by atoms with E-state index in [0.717, 1.165) is 4.90 Å². The highest BCUT2D eigenvalue weighted by atomic mass is 16.6. The van der Waals surface area contributed by atoms with Gasteiger partial charge in [-0.25, -0.2) is 0 Å². The molecule has 1 N–H and O–H groups in total. The van der Waals surface area contributed by atoms with Gasteiger partial charge in [0.1, 0.15) is 17.2 Å². The first-order chi connectivity index (χ1) is 15.7. The van der Waals surface area contributed by atoms with Gasteiger partial charge in [-0.1, -0.05) is 0 Å². The number of nitro benzene ring substituents is 1. The van der Waals surface area contributed by atoms with Crippen LogP contribution in [0.1, 0.15) is 19.4 Å². The molecule has 0 spiro atoms. The Morgan fingerprint density at radius 2 is 1.61 bits per heavy atom. The van der Waals surface area contributed by atoms with Crippen LogP contribution in [0.5, 0.6) is 11.5 Å². The minimum atomic E-state index is -0.531. The fourth-order valence-corrected chi connectivity index (χ4v) is 3.32. The molecule has 0 bridgehead atoms. The second kappa shape index (κ2) is 10.1. The van der Waals surface area contributed by atoms with E-state index in [1.807, 2.05) is 13.8 Å². The van der Waals surface area contributed by atoms with Crippen LogP contribution in [0.15, 0.2) is 48.2 Å². The molecule has 2 aromatic carbocycles. The topological polar surface area (TPSA) is 120 Å². The number of benzene rings is 2. The first kappa shape index (κ1) is 23.7. The molecule has 1 aliphatic heterocycles. The average Bonchev–Trinajstić information content (AvgIpc) is 3.02. The highest BCUT2D eigenvalue weighted by Crippen LogP contribution is 2.33. The highest BCUT2D eigenvalue weighted by molar-refractivity contribution is 6.36. The summed E-state index contributed by atoms with van der Waals surface area (Å²) in [6, 6.07) is 10.5. The van der Waals surface area contributed by atoms with Crippen molar-refractivity contribution in [3.05, 3.63) is 63.8 Å². The molecule has 0 aliphatic carbocycles. The summed E-state index contributed by atoms with van der Waals surface area (Å²) in [6.45, 7) is 3.97. The van der Waals surface area contributed by atoms with Crippen LogP contribution >= 0.6 is 0 Å². The summed E-state index contributed by atoms with van der Waals surface area (Å²) < 4.78 is 16.1. The molecular weight excluding hydrogens is 430 g/mol. The normalized spacial score (nSPS) is 13.7. The average molecular weight is 455 g/mol. The van der Waals surface area contributed by atoms with E-state index in [0.29, 0.717) is 22.7 Å². The fourth-order valence-electron chi connectivity index (χ4n) is 3.32. The largest absolute Gasteiger partial charge is 0.497 e. The minimum Gasteiger partial charge on any atom is -0.497 e. The zero-order valence-electron chi connectivity index (χ0n) is 18.8. The molecular formula is C23H25N3O7. The van der Waals surface area contributed by atoms with Gasteiger partial charge in [-0.3, -0.25) is 24.6 Å². The Morgan fingerprint density at radius 3 is 2.12 bits per heavy atom. The third-order valence-electron chi connectivity index (χ3n) is 4.92. The third-order valence-corrected chi connectivity index (χ3v) is 4.92. The number of carbonyl (C=O) groups excluding carboxylic acids is 2. The van der Waals surface area contributed by atoms with E-state index in [-0.39, 0.29) is 36.2 Å². The number of hydrogen-bond acceptors (Lipinski definition) is 8. The van der Waals surface area contributed by atoms with Gasteiger partial charge in [-0.05, 0) is 31.5 Å². The number of nitrogens with zero attached hydrogens (tertiary/aromatic N) is 2. The van der Waals surface area contributed by atoms with E-state index in [1.165, 1.54) is 38.5 Å². The lowest BCUT2D eigenvalue weighted by atomic mass is 10.0. The molecule has 10 heteroatoms. The molecule has 10 nitrogen and oxygen atoms in total. The Labute approximate surface area is 190 Å². The van der Waals surface area contributed by atoms with Gasteiger partial charge in [-0.15, -0.1) is 0 Å². The van der Waals surface area contributed by atoms with Gasteiger partial charge in [0, 0.05) is 36.0 Å². The molecule has 1 heterocycles. The maximum atomic E-state index is 13.2. The molecule has 2 aromatic rings. The van der Waals surface area contributed by atoms with Crippen LogP contribution in [0.2, 0.25) is 0 Å². The van der Waals surface area contributed by atoms with E-state index >= 15 is 0 Å². The van der Waals surface area contributed by atoms with Gasteiger partial charge < -0.3 is 19.5 Å². The van der Waals surface area contributed by atoms with Gasteiger partial charge in [-0.2, -0.15) is 0 Å². The summed E-state index contributed by atoms with van der Waals surface area (Å²) in [5.74, 6) is -0.0531. The first-order valence-electron chi connectivity index (χ1n) is 10.2. The molecule has 0 radical (unpaired) electrons. The molecule has 174 valence electrons. The Bertz CT molecular complexity index is 1070. The van der Waals surface area contributed by atoms with Crippen molar-refractivity contribution in [1.29, 1.82) is 0 Å². The Hall–Kier alpha value is -3.92. The molecule has 0 unspecified atom stereocenters. The zero-order chi connectivity index (χ0) is 24.1. The summed E-state index contributed by atoms with van der Waals surface area (Å²) in [5.41, 5.74) is 0.894. The lowest BCUT2D eigenvalue weighted by Gasteiger charge is -2.16. The third kappa shape index (κ3) is 5.29. The van der Waals surface area contributed by atoms with Crippen LogP contribution in [-0.4, -0.2) is 55.1 Å². The molecule has 0 aromatic heterocycles. The second-order valence-electron chi connectivity index (χ2n) is 7.46. The maximum absolute atomic E-state index is 13.2. The smallest absolute Gasteiger partial charge is 0.278 e. The maximum Gasteiger partial charge on any atom is 0.278 e. The number of anilines is 1. The van der Waals surface area contributed by atoms with E-state index in [2.05, 4.69) is 5.32 Å². The van der Waals surface area contributed by atoms with Crippen LogP contribution in [0.3, 0.4) is 0 Å². The van der Waals surface area contributed by atoms with Crippen molar-refractivity contribution in [3.8, 4) is 11.5 Å². The van der Waals surface area contributed by atoms with Crippen LogP contribution in [0.4, 0.5) is 11.4 Å². The Balaban J connectivity index is 2.02. The molecule has 0 saturated carbocycles. The molecule has 3 rings (SSSR count). The Morgan fingerprint density at radius 1 is 1.00 bits per heavy atom. The van der Waals surface area contributed by atoms with Crippen molar-refractivity contribution in [2.24, 2.45) is 0 Å². The monoisotopic (exact) mass is 455 g/mol. The molecule has 0 fully saturated rings. The first-order valence-corrected chi connectivity index (χ1v) is 10.2.